The van der Waals surface area contributed by atoms with Crippen LogP contribution in [0.15, 0.2) is 18.3 Å². The second kappa shape index (κ2) is 6.37. The Balaban J connectivity index is 2.26. The second-order valence-electron chi connectivity index (χ2n) is 3.31. The van der Waals surface area contributed by atoms with Gasteiger partial charge < -0.3 is 9.30 Å². The number of hydrogen-bond donors (Lipinski definition) is 0. The number of Topliss-reactive ketones (excluding diaryl/α,β-unsaturated/α-hetero) is 1. The summed E-state index contributed by atoms with van der Waals surface area (Å²) in [5, 5.41) is 0. The van der Waals surface area contributed by atoms with Gasteiger partial charge in [0.25, 0.3) is 0 Å². The third kappa shape index (κ3) is 3.73. The Bertz CT molecular complexity index is 373. The molecular formula is C11H15NO3S. The van der Waals surface area contributed by atoms with Gasteiger partial charge in [-0.2, -0.15) is 11.8 Å². The minimum Gasteiger partial charge on any atom is -0.469 e. The zero-order valence-corrected chi connectivity index (χ0v) is 10.3. The number of aryl methyl sites for hydroxylation is 1. The van der Waals surface area contributed by atoms with Crippen molar-refractivity contribution >= 4 is 23.5 Å². The van der Waals surface area contributed by atoms with E-state index in [4.69, 9.17) is 0 Å². The van der Waals surface area contributed by atoms with E-state index in [0.717, 1.165) is 0 Å². The maximum atomic E-state index is 11.7. The Morgan fingerprint density at radius 1 is 1.50 bits per heavy atom. The van der Waals surface area contributed by atoms with Gasteiger partial charge in [-0.3, -0.25) is 9.59 Å². The van der Waals surface area contributed by atoms with E-state index in [1.807, 2.05) is 19.3 Å². The Morgan fingerprint density at radius 3 is 2.81 bits per heavy atom. The van der Waals surface area contributed by atoms with Crippen LogP contribution in [0.5, 0.6) is 0 Å². The lowest BCUT2D eigenvalue weighted by atomic mass is 10.3. The molecule has 0 aromatic carbocycles. The van der Waals surface area contributed by atoms with Gasteiger partial charge in [-0.15, -0.1) is 0 Å². The van der Waals surface area contributed by atoms with E-state index in [9.17, 15) is 9.59 Å². The number of thioether (sulfide) groups is 1. The summed E-state index contributed by atoms with van der Waals surface area (Å²) in [5.41, 5.74) is 0.700. The molecule has 0 spiro atoms. The summed E-state index contributed by atoms with van der Waals surface area (Å²) in [5.74, 6) is 0.860. The smallest absolute Gasteiger partial charge is 0.306 e. The fourth-order valence-electron chi connectivity index (χ4n) is 1.25. The lowest BCUT2D eigenvalue weighted by molar-refractivity contribution is -0.140. The highest BCUT2D eigenvalue weighted by Gasteiger charge is 2.09. The molecule has 0 aliphatic carbocycles. The Morgan fingerprint density at radius 2 is 2.25 bits per heavy atom. The number of carbonyl (C=O) groups is 2. The third-order valence-corrected chi connectivity index (χ3v) is 3.10. The van der Waals surface area contributed by atoms with Crippen LogP contribution >= 0.6 is 11.8 Å². The highest BCUT2D eigenvalue weighted by atomic mass is 32.2. The van der Waals surface area contributed by atoms with Gasteiger partial charge in [0, 0.05) is 19.0 Å². The molecule has 1 rings (SSSR count). The summed E-state index contributed by atoms with van der Waals surface area (Å²) in [6.45, 7) is 0. The van der Waals surface area contributed by atoms with Gasteiger partial charge in [-0.25, -0.2) is 0 Å². The van der Waals surface area contributed by atoms with Crippen molar-refractivity contribution < 1.29 is 14.3 Å². The molecule has 5 heteroatoms. The number of hydrogen-bond acceptors (Lipinski definition) is 4. The first-order chi connectivity index (χ1) is 7.65. The van der Waals surface area contributed by atoms with E-state index in [0.29, 0.717) is 23.6 Å². The summed E-state index contributed by atoms with van der Waals surface area (Å²) >= 11 is 1.45. The highest BCUT2D eigenvalue weighted by molar-refractivity contribution is 8.00. The number of ketones is 1. The predicted octanol–water partition coefficient (Wildman–Crippen LogP) is 1.50. The van der Waals surface area contributed by atoms with Crippen molar-refractivity contribution in [3.63, 3.8) is 0 Å². The zero-order chi connectivity index (χ0) is 12.0. The number of aromatic nitrogens is 1. The van der Waals surface area contributed by atoms with E-state index >= 15 is 0 Å². The summed E-state index contributed by atoms with van der Waals surface area (Å²) in [6, 6.07) is 3.63. The molecule has 0 radical (unpaired) electrons. The van der Waals surface area contributed by atoms with Gasteiger partial charge in [-0.05, 0) is 12.1 Å². The fourth-order valence-corrected chi connectivity index (χ4v) is 2.04. The van der Waals surface area contributed by atoms with Gasteiger partial charge in [0.15, 0.2) is 5.78 Å². The van der Waals surface area contributed by atoms with Crippen molar-refractivity contribution in [2.75, 3.05) is 18.6 Å². The number of nitrogens with zero attached hydrogens (tertiary/aromatic N) is 1. The highest BCUT2D eigenvalue weighted by Crippen LogP contribution is 2.09. The van der Waals surface area contributed by atoms with E-state index in [2.05, 4.69) is 4.74 Å². The van der Waals surface area contributed by atoms with Crippen LogP contribution in [0.2, 0.25) is 0 Å². The normalized spacial score (nSPS) is 10.1. The van der Waals surface area contributed by atoms with Crippen LogP contribution in [0.25, 0.3) is 0 Å². The summed E-state index contributed by atoms with van der Waals surface area (Å²) in [4.78, 5) is 22.5. The van der Waals surface area contributed by atoms with E-state index in [1.165, 1.54) is 18.9 Å². The quantitative estimate of drug-likeness (QED) is 0.430. The van der Waals surface area contributed by atoms with E-state index < -0.39 is 0 Å². The molecular weight excluding hydrogens is 226 g/mol. The van der Waals surface area contributed by atoms with Crippen LogP contribution in [0.3, 0.4) is 0 Å². The molecule has 0 bridgehead atoms. The van der Waals surface area contributed by atoms with E-state index in [1.54, 1.807) is 10.6 Å². The maximum absolute atomic E-state index is 11.7. The first kappa shape index (κ1) is 12.8. The van der Waals surface area contributed by atoms with Gasteiger partial charge >= 0.3 is 5.97 Å². The Kier molecular flexibility index (Phi) is 5.11. The molecule has 1 aromatic rings. The lowest BCUT2D eigenvalue weighted by Gasteiger charge is -2.02. The molecule has 0 fully saturated rings. The van der Waals surface area contributed by atoms with Crippen molar-refractivity contribution in [1.82, 2.24) is 4.57 Å². The van der Waals surface area contributed by atoms with Gasteiger partial charge in [-0.1, -0.05) is 0 Å². The molecule has 88 valence electrons. The van der Waals surface area contributed by atoms with E-state index in [-0.39, 0.29) is 11.8 Å². The minimum atomic E-state index is -0.237. The number of carbonyl (C=O) groups excluding carboxylic acids is 2. The molecule has 4 nitrogen and oxygen atoms in total. The second-order valence-corrected chi connectivity index (χ2v) is 4.41. The topological polar surface area (TPSA) is 48.3 Å². The first-order valence-electron chi connectivity index (χ1n) is 4.94. The molecule has 0 aliphatic heterocycles. The fraction of sp³-hybridized carbons (Fsp3) is 0.455. The van der Waals surface area contributed by atoms with Crippen molar-refractivity contribution in [2.45, 2.75) is 6.42 Å². The summed E-state index contributed by atoms with van der Waals surface area (Å²) in [6.07, 6.45) is 2.19. The maximum Gasteiger partial charge on any atom is 0.306 e. The van der Waals surface area contributed by atoms with Crippen LogP contribution in [0.4, 0.5) is 0 Å². The van der Waals surface area contributed by atoms with Crippen LogP contribution in [0, 0.1) is 0 Å². The molecule has 0 saturated carbocycles. The van der Waals surface area contributed by atoms with Crippen molar-refractivity contribution in [3.05, 3.63) is 24.0 Å². The lowest BCUT2D eigenvalue weighted by Crippen LogP contribution is -2.09. The summed E-state index contributed by atoms with van der Waals surface area (Å²) in [7, 11) is 3.20. The van der Waals surface area contributed by atoms with Crippen LogP contribution in [-0.4, -0.2) is 34.9 Å². The van der Waals surface area contributed by atoms with Gasteiger partial charge in [0.1, 0.15) is 0 Å². The minimum absolute atomic E-state index is 0.0855. The molecule has 0 saturated heterocycles. The molecule has 1 aromatic heterocycles. The van der Waals surface area contributed by atoms with Crippen molar-refractivity contribution in [3.8, 4) is 0 Å². The average Bonchev–Trinajstić information content (AvgIpc) is 2.70. The monoisotopic (exact) mass is 241 g/mol. The summed E-state index contributed by atoms with van der Waals surface area (Å²) < 4.78 is 6.30. The third-order valence-electron chi connectivity index (χ3n) is 2.14. The standard InChI is InChI=1S/C11H15NO3S/c1-12-6-3-4-9(12)10(13)8-16-7-5-11(14)15-2/h3-4,6H,5,7-8H2,1-2H3. The van der Waals surface area contributed by atoms with Gasteiger partial charge in [0.05, 0.1) is 25.0 Å². The van der Waals surface area contributed by atoms with Crippen molar-refractivity contribution in [2.24, 2.45) is 7.05 Å². The Labute approximate surface area is 99.0 Å². The number of ether oxygens (including phenoxy) is 1. The van der Waals surface area contributed by atoms with Crippen LogP contribution < -0.4 is 0 Å². The molecule has 0 aliphatic rings. The average molecular weight is 241 g/mol. The molecule has 16 heavy (non-hydrogen) atoms. The van der Waals surface area contributed by atoms with Gasteiger partial charge in [0.2, 0.25) is 0 Å². The first-order valence-corrected chi connectivity index (χ1v) is 6.09. The predicted molar refractivity (Wildman–Crippen MR) is 63.7 cm³/mol. The SMILES string of the molecule is COC(=O)CCSCC(=O)c1cccn1C. The molecule has 0 atom stereocenters. The largest absolute Gasteiger partial charge is 0.469 e. The Hall–Kier alpha value is -1.23. The molecule has 0 unspecified atom stereocenters. The molecule has 1 heterocycles. The zero-order valence-electron chi connectivity index (χ0n) is 9.43. The van der Waals surface area contributed by atoms with Crippen LogP contribution in [-0.2, 0) is 16.6 Å². The van der Waals surface area contributed by atoms with Crippen LogP contribution in [0.1, 0.15) is 16.9 Å². The van der Waals surface area contributed by atoms with Crippen molar-refractivity contribution in [1.29, 1.82) is 0 Å². The number of rotatable bonds is 6. The molecule has 0 amide bonds. The number of methoxy groups -OCH3 is 1. The number of esters is 1. The molecule has 0 N–H and O–H groups in total.